The van der Waals surface area contributed by atoms with Crippen LogP contribution in [0, 0.1) is 0 Å². The van der Waals surface area contributed by atoms with Gasteiger partial charge in [0, 0.05) is 29.0 Å². The SMILES string of the molecule is COC(=O)c1ccc(NC(=O)c2ccnc(NCc3ccccc3Cl)c2)cc1. The number of aromatic nitrogens is 1. The third kappa shape index (κ3) is 4.86. The van der Waals surface area contributed by atoms with Crippen molar-refractivity contribution < 1.29 is 14.3 Å². The summed E-state index contributed by atoms with van der Waals surface area (Å²) in [4.78, 5) is 28.2. The van der Waals surface area contributed by atoms with E-state index in [4.69, 9.17) is 11.6 Å². The van der Waals surface area contributed by atoms with E-state index in [1.165, 1.54) is 7.11 Å². The number of esters is 1. The number of carbonyl (C=O) groups excluding carboxylic acids is 2. The molecule has 0 aliphatic heterocycles. The molecule has 1 heterocycles. The maximum Gasteiger partial charge on any atom is 0.337 e. The zero-order valence-electron chi connectivity index (χ0n) is 15.1. The van der Waals surface area contributed by atoms with Gasteiger partial charge in [0.25, 0.3) is 5.91 Å². The number of methoxy groups -OCH3 is 1. The predicted octanol–water partition coefficient (Wildman–Crippen LogP) is 4.39. The van der Waals surface area contributed by atoms with Crippen molar-refractivity contribution in [3.63, 3.8) is 0 Å². The van der Waals surface area contributed by atoms with Crippen molar-refractivity contribution in [2.24, 2.45) is 0 Å². The molecule has 142 valence electrons. The fourth-order valence-electron chi connectivity index (χ4n) is 2.51. The van der Waals surface area contributed by atoms with Gasteiger partial charge < -0.3 is 15.4 Å². The van der Waals surface area contributed by atoms with E-state index >= 15 is 0 Å². The summed E-state index contributed by atoms with van der Waals surface area (Å²) in [5.41, 5.74) is 2.37. The maximum atomic E-state index is 12.5. The van der Waals surface area contributed by atoms with Crippen LogP contribution in [-0.2, 0) is 11.3 Å². The third-order valence-electron chi connectivity index (χ3n) is 4.00. The molecule has 0 bridgehead atoms. The topological polar surface area (TPSA) is 80.3 Å². The number of nitrogens with zero attached hydrogens (tertiary/aromatic N) is 1. The van der Waals surface area contributed by atoms with Crippen LogP contribution in [-0.4, -0.2) is 24.0 Å². The van der Waals surface area contributed by atoms with Crippen molar-refractivity contribution in [1.82, 2.24) is 4.98 Å². The molecule has 7 heteroatoms. The molecule has 0 radical (unpaired) electrons. The minimum Gasteiger partial charge on any atom is -0.465 e. The molecule has 3 aromatic rings. The highest BCUT2D eigenvalue weighted by Crippen LogP contribution is 2.17. The zero-order valence-corrected chi connectivity index (χ0v) is 15.9. The minimum atomic E-state index is -0.429. The zero-order chi connectivity index (χ0) is 19.9. The first kappa shape index (κ1) is 19.4. The average molecular weight is 396 g/mol. The van der Waals surface area contributed by atoms with E-state index in [1.807, 2.05) is 24.3 Å². The summed E-state index contributed by atoms with van der Waals surface area (Å²) in [6, 6.07) is 17.3. The molecule has 0 aliphatic rings. The number of ether oxygens (including phenoxy) is 1. The molecule has 0 unspecified atom stereocenters. The van der Waals surface area contributed by atoms with E-state index in [2.05, 4.69) is 20.4 Å². The van der Waals surface area contributed by atoms with Crippen molar-refractivity contribution in [2.75, 3.05) is 17.7 Å². The minimum absolute atomic E-state index is 0.283. The summed E-state index contributed by atoms with van der Waals surface area (Å²) >= 11 is 6.15. The standard InChI is InChI=1S/C21H18ClN3O3/c1-28-21(27)14-6-8-17(9-7-14)25-20(26)15-10-11-23-19(12-15)24-13-16-4-2-3-5-18(16)22/h2-12H,13H2,1H3,(H,23,24)(H,25,26). The first-order chi connectivity index (χ1) is 13.6. The average Bonchev–Trinajstić information content (AvgIpc) is 2.73. The Labute approximate surface area is 167 Å². The summed E-state index contributed by atoms with van der Waals surface area (Å²) in [5, 5.41) is 6.61. The summed E-state index contributed by atoms with van der Waals surface area (Å²) in [5.74, 6) is -0.149. The molecule has 28 heavy (non-hydrogen) atoms. The number of carbonyl (C=O) groups is 2. The molecule has 0 spiro atoms. The van der Waals surface area contributed by atoms with Crippen LogP contribution in [0.1, 0.15) is 26.3 Å². The van der Waals surface area contributed by atoms with E-state index in [0.717, 1.165) is 5.56 Å². The number of hydrogen-bond acceptors (Lipinski definition) is 5. The second kappa shape index (κ2) is 9.01. The van der Waals surface area contributed by atoms with Crippen molar-refractivity contribution in [2.45, 2.75) is 6.54 Å². The van der Waals surface area contributed by atoms with Crippen LogP contribution in [0.25, 0.3) is 0 Å². The van der Waals surface area contributed by atoms with E-state index in [-0.39, 0.29) is 5.91 Å². The molecule has 2 N–H and O–H groups in total. The molecule has 3 rings (SSSR count). The van der Waals surface area contributed by atoms with Crippen LogP contribution in [0.5, 0.6) is 0 Å². The lowest BCUT2D eigenvalue weighted by Gasteiger charge is -2.09. The van der Waals surface area contributed by atoms with Gasteiger partial charge in [0.2, 0.25) is 0 Å². The molecule has 0 saturated carbocycles. The number of amides is 1. The number of hydrogen-bond donors (Lipinski definition) is 2. The lowest BCUT2D eigenvalue weighted by atomic mass is 10.2. The van der Waals surface area contributed by atoms with Crippen LogP contribution in [0.4, 0.5) is 11.5 Å². The van der Waals surface area contributed by atoms with Crippen LogP contribution in [0.2, 0.25) is 5.02 Å². The largest absolute Gasteiger partial charge is 0.465 e. The van der Waals surface area contributed by atoms with Gasteiger partial charge in [-0.25, -0.2) is 9.78 Å². The molecule has 0 atom stereocenters. The first-order valence-electron chi connectivity index (χ1n) is 8.50. The van der Waals surface area contributed by atoms with Crippen molar-refractivity contribution in [3.8, 4) is 0 Å². The quantitative estimate of drug-likeness (QED) is 0.605. The highest BCUT2D eigenvalue weighted by atomic mass is 35.5. The van der Waals surface area contributed by atoms with Gasteiger partial charge in [-0.1, -0.05) is 29.8 Å². The highest BCUT2D eigenvalue weighted by molar-refractivity contribution is 6.31. The Morgan fingerprint density at radius 2 is 1.79 bits per heavy atom. The van der Waals surface area contributed by atoms with Gasteiger partial charge in [-0.05, 0) is 48.0 Å². The van der Waals surface area contributed by atoms with Crippen LogP contribution >= 0.6 is 11.6 Å². The second-order valence-corrected chi connectivity index (χ2v) is 6.30. The van der Waals surface area contributed by atoms with Gasteiger partial charge in [0.15, 0.2) is 0 Å². The van der Waals surface area contributed by atoms with Crippen LogP contribution in [0.15, 0.2) is 66.9 Å². The Hall–Kier alpha value is -3.38. The second-order valence-electron chi connectivity index (χ2n) is 5.90. The van der Waals surface area contributed by atoms with Gasteiger partial charge in [-0.15, -0.1) is 0 Å². The molecule has 1 aromatic heterocycles. The molecule has 6 nitrogen and oxygen atoms in total. The molecule has 2 aromatic carbocycles. The fourth-order valence-corrected chi connectivity index (χ4v) is 2.71. The van der Waals surface area contributed by atoms with Gasteiger partial charge >= 0.3 is 5.97 Å². The lowest BCUT2D eigenvalue weighted by Crippen LogP contribution is -2.13. The smallest absolute Gasteiger partial charge is 0.337 e. The lowest BCUT2D eigenvalue weighted by molar-refractivity contribution is 0.0600. The maximum absolute atomic E-state index is 12.5. The molecular formula is C21H18ClN3O3. The van der Waals surface area contributed by atoms with Gasteiger partial charge in [-0.2, -0.15) is 0 Å². The Kier molecular flexibility index (Phi) is 6.24. The Morgan fingerprint density at radius 1 is 1.04 bits per heavy atom. The summed E-state index contributed by atoms with van der Waals surface area (Å²) < 4.78 is 4.65. The first-order valence-corrected chi connectivity index (χ1v) is 8.87. The number of halogens is 1. The van der Waals surface area contributed by atoms with Gasteiger partial charge in [0.1, 0.15) is 5.82 Å². The van der Waals surface area contributed by atoms with E-state index in [1.54, 1.807) is 42.6 Å². The molecule has 1 amide bonds. The van der Waals surface area contributed by atoms with Crippen molar-refractivity contribution >= 4 is 35.0 Å². The molecular weight excluding hydrogens is 378 g/mol. The van der Waals surface area contributed by atoms with Crippen molar-refractivity contribution in [1.29, 1.82) is 0 Å². The van der Waals surface area contributed by atoms with Crippen LogP contribution < -0.4 is 10.6 Å². The highest BCUT2D eigenvalue weighted by Gasteiger charge is 2.09. The number of anilines is 2. The predicted molar refractivity (Wildman–Crippen MR) is 109 cm³/mol. The Morgan fingerprint density at radius 3 is 2.50 bits per heavy atom. The van der Waals surface area contributed by atoms with Crippen molar-refractivity contribution in [3.05, 3.63) is 88.6 Å². The summed E-state index contributed by atoms with van der Waals surface area (Å²) in [6.45, 7) is 0.493. The Bertz CT molecular complexity index is 990. The normalized spacial score (nSPS) is 10.2. The van der Waals surface area contributed by atoms with E-state index < -0.39 is 5.97 Å². The van der Waals surface area contributed by atoms with Crippen LogP contribution in [0.3, 0.4) is 0 Å². The van der Waals surface area contributed by atoms with Gasteiger partial charge in [-0.3, -0.25) is 4.79 Å². The number of rotatable bonds is 6. The fraction of sp³-hybridized carbons (Fsp3) is 0.0952. The van der Waals surface area contributed by atoms with E-state index in [0.29, 0.717) is 34.2 Å². The third-order valence-corrected chi connectivity index (χ3v) is 4.37. The number of nitrogens with one attached hydrogen (secondary N) is 2. The van der Waals surface area contributed by atoms with E-state index in [9.17, 15) is 9.59 Å². The summed E-state index contributed by atoms with van der Waals surface area (Å²) in [6.07, 6.45) is 1.56. The molecule has 0 aliphatic carbocycles. The molecule has 0 saturated heterocycles. The Balaban J connectivity index is 1.65. The van der Waals surface area contributed by atoms with Gasteiger partial charge in [0.05, 0.1) is 12.7 Å². The molecule has 0 fully saturated rings. The summed E-state index contributed by atoms with van der Waals surface area (Å²) in [7, 11) is 1.32. The number of pyridine rings is 1. The monoisotopic (exact) mass is 395 g/mol. The number of benzene rings is 2.